The summed E-state index contributed by atoms with van der Waals surface area (Å²) in [5, 5.41) is 0. The van der Waals surface area contributed by atoms with Crippen molar-refractivity contribution in [3.63, 3.8) is 0 Å². The van der Waals surface area contributed by atoms with E-state index in [-0.39, 0.29) is 5.78 Å². The molecule has 0 aliphatic heterocycles. The van der Waals surface area contributed by atoms with Crippen molar-refractivity contribution >= 4 is 32.8 Å². The van der Waals surface area contributed by atoms with E-state index in [1.807, 2.05) is 23.9 Å². The Hall–Kier alpha value is -1.03. The summed E-state index contributed by atoms with van der Waals surface area (Å²) in [6.07, 6.45) is 1.89. The lowest BCUT2D eigenvalue weighted by molar-refractivity contribution is 0.0988. The van der Waals surface area contributed by atoms with Gasteiger partial charge in [-0.2, -0.15) is 0 Å². The molecule has 4 heteroatoms. The lowest BCUT2D eigenvalue weighted by atomic mass is 10.3. The topological polar surface area (TPSA) is 35.1 Å². The molecular weight excluding hydrogens is 234 g/mol. The van der Waals surface area contributed by atoms with Gasteiger partial charge in [0.1, 0.15) is 5.52 Å². The van der Waals surface area contributed by atoms with Gasteiger partial charge in [-0.15, -0.1) is 0 Å². The zero-order valence-electron chi connectivity index (χ0n) is 7.30. The fraction of sp³-hybridized carbons (Fsp3) is 0.222. The zero-order valence-corrected chi connectivity index (χ0v) is 8.88. The van der Waals surface area contributed by atoms with Crippen LogP contribution < -0.4 is 0 Å². The van der Waals surface area contributed by atoms with Crippen LogP contribution in [-0.4, -0.2) is 10.4 Å². The highest BCUT2D eigenvalue weighted by Gasteiger charge is 2.17. The van der Waals surface area contributed by atoms with Crippen LogP contribution in [0.2, 0.25) is 0 Å². The van der Waals surface area contributed by atoms with E-state index in [2.05, 4.69) is 15.9 Å². The Labute approximate surface area is 83.5 Å². The van der Waals surface area contributed by atoms with Gasteiger partial charge in [-0.05, 0) is 22.0 Å². The van der Waals surface area contributed by atoms with Crippen LogP contribution in [-0.2, 0) is 7.05 Å². The maximum Gasteiger partial charge on any atom is 0.196 e. The number of rotatable bonds is 1. The number of aryl methyl sites for hydroxylation is 1. The second-order valence-electron chi connectivity index (χ2n) is 2.94. The minimum atomic E-state index is -0.0666. The predicted octanol–water partition coefficient (Wildman–Crippen LogP) is 2.74. The van der Waals surface area contributed by atoms with E-state index in [1.54, 1.807) is 0 Å². The lowest BCUT2D eigenvalue weighted by Crippen LogP contribution is -1.90. The SMILES string of the molecule is CC(=O)c1oc2ccn(C)c2c1Br. The molecule has 13 heavy (non-hydrogen) atoms. The van der Waals surface area contributed by atoms with Crippen molar-refractivity contribution in [3.8, 4) is 0 Å². The average molecular weight is 242 g/mol. The number of hydrogen-bond acceptors (Lipinski definition) is 2. The van der Waals surface area contributed by atoms with Crippen LogP contribution in [0.5, 0.6) is 0 Å². The Bertz CT molecular complexity index is 481. The number of ketones is 1. The molecule has 0 aliphatic rings. The summed E-state index contributed by atoms with van der Waals surface area (Å²) in [5.74, 6) is 0.323. The zero-order chi connectivity index (χ0) is 9.59. The standard InChI is InChI=1S/C9H8BrNO2/c1-5(12)9-7(10)8-6(13-9)3-4-11(8)2/h3-4H,1-2H3. The van der Waals surface area contributed by atoms with Crippen LogP contribution in [0.4, 0.5) is 0 Å². The van der Waals surface area contributed by atoms with E-state index < -0.39 is 0 Å². The fourth-order valence-electron chi connectivity index (χ4n) is 1.34. The Morgan fingerprint density at radius 1 is 1.62 bits per heavy atom. The maximum absolute atomic E-state index is 11.1. The smallest absolute Gasteiger partial charge is 0.196 e. The summed E-state index contributed by atoms with van der Waals surface area (Å²) in [5.41, 5.74) is 1.66. The first kappa shape index (κ1) is 8.56. The first-order valence-electron chi connectivity index (χ1n) is 3.85. The highest BCUT2D eigenvalue weighted by molar-refractivity contribution is 9.10. The van der Waals surface area contributed by atoms with Gasteiger partial charge in [0, 0.05) is 20.2 Å². The summed E-state index contributed by atoms with van der Waals surface area (Å²) in [6.45, 7) is 1.49. The number of Topliss-reactive ketones (excluding diaryl/α,β-unsaturated/α-hetero) is 1. The van der Waals surface area contributed by atoms with Gasteiger partial charge in [0.25, 0.3) is 0 Å². The first-order chi connectivity index (χ1) is 6.11. The second kappa shape index (κ2) is 2.73. The molecule has 68 valence electrons. The summed E-state index contributed by atoms with van der Waals surface area (Å²) >= 11 is 3.35. The fourth-order valence-corrected chi connectivity index (χ4v) is 2.18. The molecule has 0 amide bonds. The van der Waals surface area contributed by atoms with Crippen molar-refractivity contribution in [2.24, 2.45) is 7.05 Å². The number of halogens is 1. The van der Waals surface area contributed by atoms with Gasteiger partial charge in [-0.25, -0.2) is 0 Å². The highest BCUT2D eigenvalue weighted by atomic mass is 79.9. The number of carbonyl (C=O) groups excluding carboxylic acids is 1. The van der Waals surface area contributed by atoms with E-state index >= 15 is 0 Å². The van der Waals surface area contributed by atoms with Gasteiger partial charge >= 0.3 is 0 Å². The van der Waals surface area contributed by atoms with Crippen molar-refractivity contribution in [1.82, 2.24) is 4.57 Å². The Morgan fingerprint density at radius 2 is 2.31 bits per heavy atom. The van der Waals surface area contributed by atoms with E-state index in [1.165, 1.54) is 6.92 Å². The molecule has 0 aromatic carbocycles. The first-order valence-corrected chi connectivity index (χ1v) is 4.65. The van der Waals surface area contributed by atoms with Crippen LogP contribution in [0.25, 0.3) is 11.1 Å². The van der Waals surface area contributed by atoms with Crippen molar-refractivity contribution in [2.75, 3.05) is 0 Å². The molecule has 0 unspecified atom stereocenters. The summed E-state index contributed by atoms with van der Waals surface area (Å²) in [4.78, 5) is 11.1. The lowest BCUT2D eigenvalue weighted by Gasteiger charge is -1.92. The molecule has 2 aromatic heterocycles. The summed E-state index contributed by atoms with van der Waals surface area (Å²) < 4.78 is 8.01. The largest absolute Gasteiger partial charge is 0.450 e. The summed E-state index contributed by atoms with van der Waals surface area (Å²) in [7, 11) is 1.91. The molecule has 0 bridgehead atoms. The molecule has 0 saturated heterocycles. The Kier molecular flexibility index (Phi) is 1.80. The monoisotopic (exact) mass is 241 g/mol. The molecule has 2 rings (SSSR count). The molecule has 0 aliphatic carbocycles. The number of furan rings is 1. The van der Waals surface area contributed by atoms with Crippen molar-refractivity contribution in [3.05, 3.63) is 22.5 Å². The van der Waals surface area contributed by atoms with Crippen LogP contribution in [0, 0.1) is 0 Å². The number of nitrogens with zero attached hydrogens (tertiary/aromatic N) is 1. The number of fused-ring (bicyclic) bond motifs is 1. The summed E-state index contributed by atoms with van der Waals surface area (Å²) in [6, 6.07) is 1.84. The normalized spacial score (nSPS) is 11.0. The van der Waals surface area contributed by atoms with E-state index in [0.717, 1.165) is 15.6 Å². The molecule has 0 N–H and O–H groups in total. The molecular formula is C9H8BrNO2. The number of carbonyl (C=O) groups is 1. The van der Waals surface area contributed by atoms with Crippen LogP contribution in [0.15, 0.2) is 21.2 Å². The third-order valence-electron chi connectivity index (χ3n) is 1.97. The van der Waals surface area contributed by atoms with Crippen LogP contribution >= 0.6 is 15.9 Å². The quantitative estimate of drug-likeness (QED) is 0.720. The predicted molar refractivity (Wildman–Crippen MR) is 52.9 cm³/mol. The van der Waals surface area contributed by atoms with E-state index in [9.17, 15) is 4.79 Å². The van der Waals surface area contributed by atoms with Crippen molar-refractivity contribution in [1.29, 1.82) is 0 Å². The number of hydrogen-bond donors (Lipinski definition) is 0. The number of aromatic nitrogens is 1. The van der Waals surface area contributed by atoms with Gasteiger partial charge in [0.05, 0.1) is 4.47 Å². The van der Waals surface area contributed by atoms with E-state index in [0.29, 0.717) is 5.76 Å². The van der Waals surface area contributed by atoms with Gasteiger partial charge in [0.2, 0.25) is 0 Å². The highest BCUT2D eigenvalue weighted by Crippen LogP contribution is 2.31. The van der Waals surface area contributed by atoms with Gasteiger partial charge in [0.15, 0.2) is 17.1 Å². The van der Waals surface area contributed by atoms with Crippen LogP contribution in [0.3, 0.4) is 0 Å². The minimum absolute atomic E-state index is 0.0666. The van der Waals surface area contributed by atoms with Gasteiger partial charge < -0.3 is 8.98 Å². The molecule has 2 aromatic rings. The Morgan fingerprint density at radius 3 is 2.85 bits per heavy atom. The third kappa shape index (κ3) is 1.13. The maximum atomic E-state index is 11.1. The van der Waals surface area contributed by atoms with Crippen molar-refractivity contribution < 1.29 is 9.21 Å². The third-order valence-corrected chi connectivity index (χ3v) is 2.71. The van der Waals surface area contributed by atoms with E-state index in [4.69, 9.17) is 4.42 Å². The molecule has 0 saturated carbocycles. The molecule has 0 fully saturated rings. The molecule has 0 spiro atoms. The van der Waals surface area contributed by atoms with Gasteiger partial charge in [-0.3, -0.25) is 4.79 Å². The molecule has 2 heterocycles. The molecule has 0 radical (unpaired) electrons. The van der Waals surface area contributed by atoms with Crippen molar-refractivity contribution in [2.45, 2.75) is 6.92 Å². The van der Waals surface area contributed by atoms with Gasteiger partial charge in [-0.1, -0.05) is 0 Å². The molecule has 3 nitrogen and oxygen atoms in total. The average Bonchev–Trinajstić information content (AvgIpc) is 2.55. The Balaban J connectivity index is 2.82. The van der Waals surface area contributed by atoms with Crippen LogP contribution in [0.1, 0.15) is 17.5 Å². The molecule has 0 atom stereocenters. The minimum Gasteiger partial charge on any atom is -0.450 e. The second-order valence-corrected chi connectivity index (χ2v) is 3.73.